The van der Waals surface area contributed by atoms with Crippen LogP contribution in [0.5, 0.6) is 5.75 Å². The summed E-state index contributed by atoms with van der Waals surface area (Å²) in [7, 11) is 1.51. The van der Waals surface area contributed by atoms with Gasteiger partial charge in [-0.05, 0) is 60.2 Å². The molecule has 3 atom stereocenters. The molecule has 0 saturated heterocycles. The van der Waals surface area contributed by atoms with Gasteiger partial charge in [0, 0.05) is 5.02 Å². The van der Waals surface area contributed by atoms with E-state index >= 15 is 0 Å². The van der Waals surface area contributed by atoms with E-state index in [4.69, 9.17) is 16.3 Å². The second kappa shape index (κ2) is 15.2. The molecule has 10 heteroatoms. The van der Waals surface area contributed by atoms with Crippen LogP contribution >= 0.6 is 11.6 Å². The van der Waals surface area contributed by atoms with Crippen LogP contribution in [0.3, 0.4) is 0 Å². The van der Waals surface area contributed by atoms with Gasteiger partial charge in [-0.15, -0.1) is 0 Å². The second-order valence-corrected chi connectivity index (χ2v) is 10.1. The molecular weight excluding hydrogens is 557 g/mol. The van der Waals surface area contributed by atoms with Gasteiger partial charge in [-0.2, -0.15) is 13.2 Å². The Morgan fingerprint density at radius 2 is 1.59 bits per heavy atom. The van der Waals surface area contributed by atoms with E-state index < -0.39 is 47.7 Å². The van der Waals surface area contributed by atoms with Crippen molar-refractivity contribution in [3.63, 3.8) is 0 Å². The van der Waals surface area contributed by atoms with Crippen molar-refractivity contribution in [2.45, 2.75) is 51.4 Å². The molecule has 0 saturated carbocycles. The van der Waals surface area contributed by atoms with Crippen LogP contribution in [0.1, 0.15) is 37.8 Å². The topological polar surface area (TPSA) is 84.5 Å². The molecule has 2 amide bonds. The molecule has 0 aliphatic rings. The molecule has 0 heterocycles. The van der Waals surface area contributed by atoms with Crippen LogP contribution in [0.25, 0.3) is 0 Å². The van der Waals surface area contributed by atoms with E-state index in [1.807, 2.05) is 0 Å². The van der Waals surface area contributed by atoms with Crippen molar-refractivity contribution in [1.29, 1.82) is 0 Å². The summed E-state index contributed by atoms with van der Waals surface area (Å²) in [5, 5.41) is 5.35. The summed E-state index contributed by atoms with van der Waals surface area (Å²) in [6.07, 6.45) is 1.49. The summed E-state index contributed by atoms with van der Waals surface area (Å²) in [5.41, 5.74) is 1.50. The second-order valence-electron chi connectivity index (χ2n) is 9.65. The first-order valence-electron chi connectivity index (χ1n) is 12.9. The lowest BCUT2D eigenvalue weighted by atomic mass is 9.90. The Bertz CT molecular complexity index is 1270. The van der Waals surface area contributed by atoms with Gasteiger partial charge in [0.2, 0.25) is 11.8 Å². The molecule has 220 valence electrons. The number of methoxy groups -OCH3 is 1. The Morgan fingerprint density at radius 1 is 0.976 bits per heavy atom. The average molecular weight is 591 g/mol. The number of hydrogen-bond donors (Lipinski definition) is 2. The maximum absolute atomic E-state index is 13.8. The van der Waals surface area contributed by atoms with Crippen molar-refractivity contribution in [3.8, 4) is 5.75 Å². The number of carbonyl (C=O) groups excluding carboxylic acids is 3. The van der Waals surface area contributed by atoms with Crippen molar-refractivity contribution in [2.75, 3.05) is 7.11 Å². The maximum Gasteiger partial charge on any atom is 0.452 e. The van der Waals surface area contributed by atoms with Crippen LogP contribution < -0.4 is 15.4 Å². The predicted octanol–water partition coefficient (Wildman–Crippen LogP) is 6.12. The number of carbonyl (C=O) groups is 3. The lowest BCUT2D eigenvalue weighted by Gasteiger charge is -2.27. The van der Waals surface area contributed by atoms with Crippen LogP contribution in [0.15, 0.2) is 85.0 Å². The number of alkyl halides is 3. The van der Waals surface area contributed by atoms with E-state index in [-0.39, 0.29) is 12.0 Å². The van der Waals surface area contributed by atoms with E-state index in [1.165, 1.54) is 27.0 Å². The molecule has 2 rings (SSSR count). The Balaban J connectivity index is 2.46. The first-order valence-corrected chi connectivity index (χ1v) is 13.2. The Labute approximate surface area is 243 Å². The highest BCUT2D eigenvalue weighted by Gasteiger charge is 2.45. The maximum atomic E-state index is 13.8. The largest absolute Gasteiger partial charge is 0.497 e. The molecule has 0 aliphatic carbocycles. The van der Waals surface area contributed by atoms with E-state index in [1.54, 1.807) is 73.7 Å². The van der Waals surface area contributed by atoms with Crippen LogP contribution in [0, 0.1) is 5.92 Å². The van der Waals surface area contributed by atoms with Crippen molar-refractivity contribution < 1.29 is 32.3 Å². The molecule has 0 radical (unpaired) electrons. The fourth-order valence-electron chi connectivity index (χ4n) is 3.96. The molecule has 0 fully saturated rings. The summed E-state index contributed by atoms with van der Waals surface area (Å²) in [6.45, 7) is 8.40. The number of Topliss-reactive ketones (excluding diaryl/α,β-unsaturated/α-hetero) is 1. The van der Waals surface area contributed by atoms with E-state index in [2.05, 4.69) is 17.2 Å². The van der Waals surface area contributed by atoms with Gasteiger partial charge in [0.15, 0.2) is 0 Å². The predicted molar refractivity (Wildman–Crippen MR) is 154 cm³/mol. The van der Waals surface area contributed by atoms with Gasteiger partial charge in [-0.1, -0.05) is 80.6 Å². The van der Waals surface area contributed by atoms with Gasteiger partial charge >= 0.3 is 6.18 Å². The third-order valence-corrected chi connectivity index (χ3v) is 6.50. The van der Waals surface area contributed by atoms with Gasteiger partial charge in [0.05, 0.1) is 19.1 Å². The Morgan fingerprint density at radius 3 is 2.10 bits per heavy atom. The Hall–Kier alpha value is -3.85. The van der Waals surface area contributed by atoms with E-state index in [0.717, 1.165) is 5.56 Å². The number of hydrogen-bond acceptors (Lipinski definition) is 4. The first-order chi connectivity index (χ1) is 19.3. The number of halogens is 4. The third-order valence-electron chi connectivity index (χ3n) is 6.25. The fraction of sp³-hybridized carbons (Fsp3) is 0.323. The standard InChI is InChI=1S/C31H34ClF3N2O4/c1-6-7-8-9-20(4)27(30(40)36-26(19(2)3)28(38)31(33,34)35)37-29(39)25(18-21-10-14-23(32)15-11-21)22-12-16-24(41-5)17-13-22/h6-17,19,25-27H,4,18H2,1-3,5H3,(H,36,40)(H,37,39)/b7-6-,9-8-/t25-,26-,27-/m0/s1. The minimum atomic E-state index is -5.15. The lowest BCUT2D eigenvalue weighted by Crippen LogP contribution is -2.56. The number of rotatable bonds is 13. The molecular formula is C31H34ClF3N2O4. The zero-order valence-corrected chi connectivity index (χ0v) is 24.1. The molecule has 0 aliphatic heterocycles. The van der Waals surface area contributed by atoms with Crippen molar-refractivity contribution in [2.24, 2.45) is 5.92 Å². The zero-order chi connectivity index (χ0) is 30.7. The number of amides is 2. The van der Waals surface area contributed by atoms with Crippen molar-refractivity contribution >= 4 is 29.2 Å². The van der Waals surface area contributed by atoms with Crippen LogP contribution in [0.2, 0.25) is 5.02 Å². The average Bonchev–Trinajstić information content (AvgIpc) is 2.93. The quantitative estimate of drug-likeness (QED) is 0.275. The molecule has 0 bridgehead atoms. The third kappa shape index (κ3) is 9.93. The number of benzene rings is 2. The van der Waals surface area contributed by atoms with Gasteiger partial charge in [-0.3, -0.25) is 14.4 Å². The normalized spacial score (nSPS) is 14.1. The summed E-state index contributed by atoms with van der Waals surface area (Å²) < 4.78 is 44.9. The van der Waals surface area contributed by atoms with Crippen molar-refractivity contribution in [3.05, 3.63) is 101 Å². The molecule has 0 spiro atoms. The van der Waals surface area contributed by atoms with Crippen molar-refractivity contribution in [1.82, 2.24) is 10.6 Å². The summed E-state index contributed by atoms with van der Waals surface area (Å²) in [4.78, 5) is 39.2. The molecule has 41 heavy (non-hydrogen) atoms. The number of ether oxygens (including phenoxy) is 1. The molecule has 0 aromatic heterocycles. The number of ketones is 1. The molecule has 2 aromatic rings. The summed E-state index contributed by atoms with van der Waals surface area (Å²) in [5.74, 6) is -4.75. The lowest BCUT2D eigenvalue weighted by molar-refractivity contribution is -0.175. The molecule has 2 N–H and O–H groups in total. The summed E-state index contributed by atoms with van der Waals surface area (Å²) >= 11 is 6.01. The van der Waals surface area contributed by atoms with Gasteiger partial charge in [0.25, 0.3) is 5.78 Å². The van der Waals surface area contributed by atoms with Crippen LogP contribution in [-0.2, 0) is 20.8 Å². The van der Waals surface area contributed by atoms with E-state index in [9.17, 15) is 27.6 Å². The SMILES string of the molecule is C=C(/C=C\C=C/C)[C@H](NC(=O)[C@@H](Cc1ccc(Cl)cc1)c1ccc(OC)cc1)C(=O)N[C@H](C(=O)C(F)(F)F)C(C)C. The highest BCUT2D eigenvalue weighted by molar-refractivity contribution is 6.30. The van der Waals surface area contributed by atoms with Gasteiger partial charge in [-0.25, -0.2) is 0 Å². The van der Waals surface area contributed by atoms with Gasteiger partial charge < -0.3 is 15.4 Å². The minimum absolute atomic E-state index is 0.107. The van der Waals surface area contributed by atoms with Gasteiger partial charge in [0.1, 0.15) is 11.8 Å². The van der Waals surface area contributed by atoms with Crippen LogP contribution in [0.4, 0.5) is 13.2 Å². The molecule has 6 nitrogen and oxygen atoms in total. The highest BCUT2D eigenvalue weighted by atomic mass is 35.5. The Kier molecular flexibility index (Phi) is 12.4. The summed E-state index contributed by atoms with van der Waals surface area (Å²) in [6, 6.07) is 10.4. The highest BCUT2D eigenvalue weighted by Crippen LogP contribution is 2.26. The van der Waals surface area contributed by atoms with Crippen LogP contribution in [-0.4, -0.2) is 43.0 Å². The smallest absolute Gasteiger partial charge is 0.452 e. The fourth-order valence-corrected chi connectivity index (χ4v) is 4.08. The van der Waals surface area contributed by atoms with E-state index in [0.29, 0.717) is 16.3 Å². The number of allylic oxidation sites excluding steroid dienone is 3. The zero-order valence-electron chi connectivity index (χ0n) is 23.3. The molecule has 2 aromatic carbocycles. The number of nitrogens with one attached hydrogen (secondary N) is 2. The monoisotopic (exact) mass is 590 g/mol. The molecule has 0 unspecified atom stereocenters. The minimum Gasteiger partial charge on any atom is -0.497 e. The first kappa shape index (κ1) is 33.4.